The van der Waals surface area contributed by atoms with E-state index in [9.17, 15) is 4.79 Å². The molecule has 1 amide bonds. The van der Waals surface area contributed by atoms with Crippen LogP contribution in [0.4, 0.5) is 5.82 Å². The first-order chi connectivity index (χ1) is 15.2. The summed E-state index contributed by atoms with van der Waals surface area (Å²) in [6.07, 6.45) is 4.34. The van der Waals surface area contributed by atoms with Gasteiger partial charge in [0.05, 0.1) is 12.2 Å². The Morgan fingerprint density at radius 1 is 0.871 bits per heavy atom. The molecule has 158 valence electrons. The number of benzene rings is 2. The van der Waals surface area contributed by atoms with Gasteiger partial charge in [0, 0.05) is 47.8 Å². The minimum Gasteiger partial charge on any atom is -0.356 e. The fourth-order valence-corrected chi connectivity index (χ4v) is 4.55. The van der Waals surface area contributed by atoms with Gasteiger partial charge >= 0.3 is 0 Å². The van der Waals surface area contributed by atoms with E-state index in [4.69, 9.17) is 21.6 Å². The van der Waals surface area contributed by atoms with Gasteiger partial charge in [-0.25, -0.2) is 9.97 Å². The van der Waals surface area contributed by atoms with Crippen molar-refractivity contribution in [1.29, 1.82) is 0 Å². The van der Waals surface area contributed by atoms with Gasteiger partial charge in [0.1, 0.15) is 5.82 Å². The molecule has 2 aliphatic heterocycles. The van der Waals surface area contributed by atoms with E-state index >= 15 is 0 Å². The number of hydrogen-bond acceptors (Lipinski definition) is 4. The average molecular weight is 433 g/mol. The number of aromatic nitrogens is 2. The predicted octanol–water partition coefficient (Wildman–Crippen LogP) is 4.99. The number of anilines is 1. The van der Waals surface area contributed by atoms with Crippen LogP contribution in [0.15, 0.2) is 54.6 Å². The van der Waals surface area contributed by atoms with Gasteiger partial charge in [-0.15, -0.1) is 0 Å². The van der Waals surface area contributed by atoms with Gasteiger partial charge in [-0.1, -0.05) is 41.9 Å². The second-order valence-corrected chi connectivity index (χ2v) is 8.63. The number of nitrogens with zero attached hydrogens (tertiary/aromatic N) is 4. The molecule has 2 aliphatic rings. The van der Waals surface area contributed by atoms with Gasteiger partial charge in [0.2, 0.25) is 0 Å². The van der Waals surface area contributed by atoms with Crippen LogP contribution in [0, 0.1) is 0 Å². The molecular weight excluding hydrogens is 408 g/mol. The molecule has 0 unspecified atom stereocenters. The Morgan fingerprint density at radius 2 is 1.61 bits per heavy atom. The number of amides is 1. The molecule has 1 fully saturated rings. The van der Waals surface area contributed by atoms with E-state index < -0.39 is 0 Å². The molecule has 0 saturated carbocycles. The summed E-state index contributed by atoms with van der Waals surface area (Å²) >= 11 is 5.99. The molecule has 0 atom stereocenters. The van der Waals surface area contributed by atoms with Crippen LogP contribution in [0.25, 0.3) is 11.4 Å². The molecule has 5 rings (SSSR count). The highest BCUT2D eigenvalue weighted by Crippen LogP contribution is 2.31. The zero-order valence-corrected chi connectivity index (χ0v) is 18.2. The third-order valence-corrected chi connectivity index (χ3v) is 6.36. The molecule has 0 bridgehead atoms. The van der Waals surface area contributed by atoms with Crippen molar-refractivity contribution in [3.05, 3.63) is 76.4 Å². The Bertz CT molecular complexity index is 1080. The molecule has 3 aromatic rings. The van der Waals surface area contributed by atoms with Crippen LogP contribution in [0.2, 0.25) is 5.02 Å². The van der Waals surface area contributed by atoms with Crippen molar-refractivity contribution in [2.75, 3.05) is 24.5 Å². The maximum Gasteiger partial charge on any atom is 0.254 e. The molecular formula is C25H25ClN4O. The normalized spacial score (nSPS) is 16.2. The van der Waals surface area contributed by atoms with Gasteiger partial charge in [0.25, 0.3) is 5.91 Å². The van der Waals surface area contributed by atoms with Gasteiger partial charge in [0.15, 0.2) is 5.82 Å². The van der Waals surface area contributed by atoms with Crippen LogP contribution in [0.5, 0.6) is 0 Å². The summed E-state index contributed by atoms with van der Waals surface area (Å²) in [4.78, 5) is 27.4. The SMILES string of the molecule is O=C(c1ccc(Cl)cc1)N1CCc2nc(-c3ccccc3)nc(N3CCCCC3)c2C1. The number of halogens is 1. The minimum absolute atomic E-state index is 0.0269. The highest BCUT2D eigenvalue weighted by molar-refractivity contribution is 6.30. The number of fused-ring (bicyclic) bond motifs is 1. The lowest BCUT2D eigenvalue weighted by molar-refractivity contribution is 0.0733. The molecule has 0 radical (unpaired) electrons. The predicted molar refractivity (Wildman–Crippen MR) is 123 cm³/mol. The van der Waals surface area contributed by atoms with Crippen LogP contribution in [-0.2, 0) is 13.0 Å². The maximum absolute atomic E-state index is 13.1. The molecule has 31 heavy (non-hydrogen) atoms. The Hall–Kier alpha value is -2.92. The van der Waals surface area contributed by atoms with Crippen molar-refractivity contribution in [3.8, 4) is 11.4 Å². The number of rotatable bonds is 3. The summed E-state index contributed by atoms with van der Waals surface area (Å²) in [5.74, 6) is 1.80. The molecule has 1 aromatic heterocycles. The average Bonchev–Trinajstić information content (AvgIpc) is 2.84. The van der Waals surface area contributed by atoms with E-state index in [0.29, 0.717) is 23.7 Å². The first kappa shape index (κ1) is 20.0. The first-order valence-electron chi connectivity index (χ1n) is 10.9. The van der Waals surface area contributed by atoms with Crippen molar-refractivity contribution in [3.63, 3.8) is 0 Å². The van der Waals surface area contributed by atoms with Gasteiger partial charge in [-0.05, 0) is 43.5 Å². The second kappa shape index (κ2) is 8.67. The van der Waals surface area contributed by atoms with Gasteiger partial charge in [-0.2, -0.15) is 0 Å². The highest BCUT2D eigenvalue weighted by Gasteiger charge is 2.29. The molecule has 2 aromatic carbocycles. The molecule has 3 heterocycles. The highest BCUT2D eigenvalue weighted by atomic mass is 35.5. The van der Waals surface area contributed by atoms with E-state index in [-0.39, 0.29) is 5.91 Å². The van der Waals surface area contributed by atoms with Crippen LogP contribution < -0.4 is 4.90 Å². The summed E-state index contributed by atoms with van der Waals surface area (Å²) in [5, 5.41) is 0.634. The fraction of sp³-hybridized carbons (Fsp3) is 0.320. The van der Waals surface area contributed by atoms with Crippen molar-refractivity contribution < 1.29 is 4.79 Å². The Morgan fingerprint density at radius 3 is 2.35 bits per heavy atom. The number of carbonyl (C=O) groups excluding carboxylic acids is 1. The zero-order valence-electron chi connectivity index (χ0n) is 17.4. The summed E-state index contributed by atoms with van der Waals surface area (Å²) in [6.45, 7) is 3.20. The van der Waals surface area contributed by atoms with E-state index in [0.717, 1.165) is 48.0 Å². The first-order valence-corrected chi connectivity index (χ1v) is 11.3. The van der Waals surface area contributed by atoms with Gasteiger partial charge < -0.3 is 9.80 Å². The van der Waals surface area contributed by atoms with E-state index in [2.05, 4.69) is 17.0 Å². The summed E-state index contributed by atoms with van der Waals surface area (Å²) in [7, 11) is 0. The van der Waals surface area contributed by atoms with E-state index in [1.54, 1.807) is 24.3 Å². The number of hydrogen-bond donors (Lipinski definition) is 0. The van der Waals surface area contributed by atoms with Crippen molar-refractivity contribution >= 4 is 23.3 Å². The van der Waals surface area contributed by atoms with Crippen LogP contribution in [-0.4, -0.2) is 40.4 Å². The molecule has 1 saturated heterocycles. The minimum atomic E-state index is 0.0269. The monoisotopic (exact) mass is 432 g/mol. The lowest BCUT2D eigenvalue weighted by Crippen LogP contribution is -2.39. The van der Waals surface area contributed by atoms with Crippen LogP contribution in [0.3, 0.4) is 0 Å². The summed E-state index contributed by atoms with van der Waals surface area (Å²) < 4.78 is 0. The van der Waals surface area contributed by atoms with Crippen molar-refractivity contribution in [2.45, 2.75) is 32.2 Å². The van der Waals surface area contributed by atoms with Crippen LogP contribution in [0.1, 0.15) is 40.9 Å². The Labute approximate surface area is 187 Å². The topological polar surface area (TPSA) is 49.3 Å². The summed E-state index contributed by atoms with van der Waals surface area (Å²) in [5.41, 5.74) is 3.85. The smallest absolute Gasteiger partial charge is 0.254 e. The number of piperidine rings is 1. The molecule has 0 spiro atoms. The molecule has 6 heteroatoms. The van der Waals surface area contributed by atoms with E-state index in [1.165, 1.54) is 19.3 Å². The standard InChI is InChI=1S/C25H25ClN4O/c26-20-11-9-19(10-12-20)25(31)30-16-13-22-21(17-30)24(29-14-5-2-6-15-29)28-23(27-22)18-7-3-1-4-8-18/h1,3-4,7-12H,2,5-6,13-17H2. The van der Waals surface area contributed by atoms with Crippen LogP contribution >= 0.6 is 11.6 Å². The number of carbonyl (C=O) groups is 1. The van der Waals surface area contributed by atoms with Crippen molar-refractivity contribution in [1.82, 2.24) is 14.9 Å². The zero-order chi connectivity index (χ0) is 21.2. The second-order valence-electron chi connectivity index (χ2n) is 8.19. The van der Waals surface area contributed by atoms with Crippen molar-refractivity contribution in [2.24, 2.45) is 0 Å². The molecule has 0 N–H and O–H groups in total. The maximum atomic E-state index is 13.1. The largest absolute Gasteiger partial charge is 0.356 e. The quantitative estimate of drug-likeness (QED) is 0.585. The summed E-state index contributed by atoms with van der Waals surface area (Å²) in [6, 6.07) is 17.3. The lowest BCUT2D eigenvalue weighted by atomic mass is 10.0. The van der Waals surface area contributed by atoms with E-state index in [1.807, 2.05) is 23.1 Å². The lowest BCUT2D eigenvalue weighted by Gasteiger charge is -2.34. The third-order valence-electron chi connectivity index (χ3n) is 6.10. The molecule has 0 aliphatic carbocycles. The molecule has 5 nitrogen and oxygen atoms in total. The Kier molecular flexibility index (Phi) is 5.60. The third kappa shape index (κ3) is 4.15. The Balaban J connectivity index is 1.51. The fourth-order valence-electron chi connectivity index (χ4n) is 4.43. The van der Waals surface area contributed by atoms with Gasteiger partial charge in [-0.3, -0.25) is 4.79 Å².